The molecule has 0 aliphatic rings. The lowest BCUT2D eigenvalue weighted by molar-refractivity contribution is -0.139. The summed E-state index contributed by atoms with van der Waals surface area (Å²) < 4.78 is 4.85. The molecular weight excluding hydrogens is 182 g/mol. The average molecular weight is 197 g/mol. The van der Waals surface area contributed by atoms with E-state index in [1.54, 1.807) is 6.92 Å². The van der Waals surface area contributed by atoms with Crippen LogP contribution in [0.4, 0.5) is 0 Å². The molecule has 4 heteroatoms. The van der Waals surface area contributed by atoms with Crippen molar-refractivity contribution in [3.63, 3.8) is 0 Å². The van der Waals surface area contributed by atoms with E-state index in [4.69, 9.17) is 4.74 Å². The molecule has 0 saturated heterocycles. The second-order valence-corrected chi connectivity index (χ2v) is 3.13. The second kappa shape index (κ2) is 7.04. The molecule has 0 spiro atoms. The molecule has 0 aromatic rings. The van der Waals surface area contributed by atoms with Crippen molar-refractivity contribution in [1.29, 1.82) is 0 Å². The summed E-state index contributed by atoms with van der Waals surface area (Å²) in [4.78, 5) is 24.3. The summed E-state index contributed by atoms with van der Waals surface area (Å²) in [7, 11) is 0. The summed E-state index contributed by atoms with van der Waals surface area (Å²) in [5, 5.41) is 0. The zero-order valence-corrected chi connectivity index (χ0v) is 8.58. The van der Waals surface area contributed by atoms with Crippen molar-refractivity contribution >= 4 is 12.0 Å². The fraction of sp³-hybridized carbons (Fsp3) is 0.600. The van der Waals surface area contributed by atoms with Crippen LogP contribution in [0.1, 0.15) is 26.7 Å². The molecule has 0 aromatic heterocycles. The molecular formula is C10H15NO3. The zero-order chi connectivity index (χ0) is 11.0. The molecule has 0 heterocycles. The standard InChI is InChI=1S/C10H15NO3/c1-8(2)10(13)14-6-4-5-9(3)11-7-12/h9H,1,4-6H2,2-3H3. The van der Waals surface area contributed by atoms with Gasteiger partial charge in [-0.2, -0.15) is 0 Å². The molecule has 0 amide bonds. The van der Waals surface area contributed by atoms with Crippen LogP contribution in [0.25, 0.3) is 0 Å². The Kier molecular flexibility index (Phi) is 6.33. The summed E-state index contributed by atoms with van der Waals surface area (Å²) in [5.74, 6) is -0.378. The molecule has 4 nitrogen and oxygen atoms in total. The van der Waals surface area contributed by atoms with Crippen molar-refractivity contribution in [2.24, 2.45) is 4.99 Å². The number of ether oxygens (including phenoxy) is 1. The first kappa shape index (κ1) is 12.6. The van der Waals surface area contributed by atoms with Gasteiger partial charge < -0.3 is 4.74 Å². The highest BCUT2D eigenvalue weighted by molar-refractivity contribution is 5.86. The molecule has 78 valence electrons. The van der Waals surface area contributed by atoms with Gasteiger partial charge in [0.15, 0.2) is 0 Å². The minimum absolute atomic E-state index is 0.0592. The van der Waals surface area contributed by atoms with Crippen LogP contribution in [-0.2, 0) is 14.3 Å². The third-order valence-corrected chi connectivity index (χ3v) is 1.62. The molecule has 1 unspecified atom stereocenters. The normalized spacial score (nSPS) is 11.3. The maximum absolute atomic E-state index is 10.9. The largest absolute Gasteiger partial charge is 0.462 e. The number of isocyanates is 1. The number of carbonyl (C=O) groups is 1. The molecule has 0 N–H and O–H groups in total. The first-order chi connectivity index (χ1) is 6.57. The van der Waals surface area contributed by atoms with Crippen LogP contribution in [-0.4, -0.2) is 24.7 Å². The minimum atomic E-state index is -0.378. The molecule has 0 fully saturated rings. The van der Waals surface area contributed by atoms with E-state index in [0.717, 1.165) is 0 Å². The van der Waals surface area contributed by atoms with Crippen molar-refractivity contribution in [3.8, 4) is 0 Å². The summed E-state index contributed by atoms with van der Waals surface area (Å²) in [6.07, 6.45) is 2.88. The van der Waals surface area contributed by atoms with Crippen LogP contribution in [0, 0.1) is 0 Å². The van der Waals surface area contributed by atoms with Gasteiger partial charge in [0.2, 0.25) is 6.08 Å². The van der Waals surface area contributed by atoms with Gasteiger partial charge in [-0.15, -0.1) is 0 Å². The van der Waals surface area contributed by atoms with Crippen molar-refractivity contribution in [2.75, 3.05) is 6.61 Å². The van der Waals surface area contributed by atoms with Gasteiger partial charge in [-0.1, -0.05) is 6.58 Å². The molecule has 1 atom stereocenters. The Balaban J connectivity index is 3.51. The van der Waals surface area contributed by atoms with Gasteiger partial charge in [0.05, 0.1) is 12.6 Å². The van der Waals surface area contributed by atoms with E-state index in [9.17, 15) is 9.59 Å². The number of esters is 1. The van der Waals surface area contributed by atoms with E-state index < -0.39 is 0 Å². The van der Waals surface area contributed by atoms with Crippen LogP contribution in [0.15, 0.2) is 17.1 Å². The SMILES string of the molecule is C=C(C)C(=O)OCCCC(C)N=C=O. The summed E-state index contributed by atoms with van der Waals surface area (Å²) in [6.45, 7) is 7.20. The number of rotatable bonds is 6. The number of aliphatic imine (C=N–C) groups is 1. The Bertz CT molecular complexity index is 254. The molecule has 0 radical (unpaired) electrons. The predicted molar refractivity (Wildman–Crippen MR) is 52.6 cm³/mol. The Morgan fingerprint density at radius 3 is 2.79 bits per heavy atom. The van der Waals surface area contributed by atoms with Gasteiger partial charge >= 0.3 is 5.97 Å². The van der Waals surface area contributed by atoms with Gasteiger partial charge in [0.1, 0.15) is 0 Å². The third-order valence-electron chi connectivity index (χ3n) is 1.62. The summed E-state index contributed by atoms with van der Waals surface area (Å²) in [5.41, 5.74) is 0.393. The van der Waals surface area contributed by atoms with Crippen LogP contribution in [0.2, 0.25) is 0 Å². The van der Waals surface area contributed by atoms with Crippen LogP contribution in [0.3, 0.4) is 0 Å². The van der Waals surface area contributed by atoms with E-state index >= 15 is 0 Å². The first-order valence-corrected chi connectivity index (χ1v) is 4.47. The first-order valence-electron chi connectivity index (χ1n) is 4.47. The van der Waals surface area contributed by atoms with Crippen LogP contribution in [0.5, 0.6) is 0 Å². The van der Waals surface area contributed by atoms with Crippen LogP contribution >= 0.6 is 0 Å². The Morgan fingerprint density at radius 1 is 1.64 bits per heavy atom. The monoisotopic (exact) mass is 197 g/mol. The highest BCUT2D eigenvalue weighted by atomic mass is 16.5. The van der Waals surface area contributed by atoms with Gasteiger partial charge in [0, 0.05) is 5.57 Å². The molecule has 0 aliphatic heterocycles. The molecule has 0 aliphatic carbocycles. The fourth-order valence-electron chi connectivity index (χ4n) is 0.821. The average Bonchev–Trinajstić information content (AvgIpc) is 2.12. The smallest absolute Gasteiger partial charge is 0.333 e. The Hall–Kier alpha value is -1.41. The lowest BCUT2D eigenvalue weighted by Gasteiger charge is -2.05. The van der Waals surface area contributed by atoms with E-state index in [1.165, 1.54) is 6.08 Å². The second-order valence-electron chi connectivity index (χ2n) is 3.13. The summed E-state index contributed by atoms with van der Waals surface area (Å²) >= 11 is 0. The maximum Gasteiger partial charge on any atom is 0.333 e. The van der Waals surface area contributed by atoms with Gasteiger partial charge in [-0.3, -0.25) is 0 Å². The van der Waals surface area contributed by atoms with E-state index in [-0.39, 0.29) is 12.0 Å². The number of nitrogens with zero attached hydrogens (tertiary/aromatic N) is 1. The third kappa shape index (κ3) is 6.14. The van der Waals surface area contributed by atoms with Gasteiger partial charge in [-0.25, -0.2) is 14.6 Å². The number of hydrogen-bond donors (Lipinski definition) is 0. The Labute approximate surface area is 83.7 Å². The molecule has 0 bridgehead atoms. The molecule has 0 saturated carbocycles. The zero-order valence-electron chi connectivity index (χ0n) is 8.58. The Morgan fingerprint density at radius 2 is 2.29 bits per heavy atom. The molecule has 0 rings (SSSR count). The van der Waals surface area contributed by atoms with Crippen molar-refractivity contribution in [2.45, 2.75) is 32.7 Å². The van der Waals surface area contributed by atoms with E-state index in [0.29, 0.717) is 25.0 Å². The predicted octanol–water partition coefficient (Wildman–Crippen LogP) is 1.61. The molecule has 14 heavy (non-hydrogen) atoms. The quantitative estimate of drug-likeness (QED) is 0.214. The van der Waals surface area contributed by atoms with Gasteiger partial charge in [0.25, 0.3) is 0 Å². The maximum atomic E-state index is 10.9. The van der Waals surface area contributed by atoms with Crippen molar-refractivity contribution < 1.29 is 14.3 Å². The van der Waals surface area contributed by atoms with E-state index in [2.05, 4.69) is 11.6 Å². The van der Waals surface area contributed by atoms with Gasteiger partial charge in [-0.05, 0) is 26.7 Å². The van der Waals surface area contributed by atoms with E-state index in [1.807, 2.05) is 6.92 Å². The topological polar surface area (TPSA) is 55.7 Å². The number of hydrogen-bond acceptors (Lipinski definition) is 4. The fourth-order valence-corrected chi connectivity index (χ4v) is 0.821. The lowest BCUT2D eigenvalue weighted by atomic mass is 10.2. The van der Waals surface area contributed by atoms with Crippen LogP contribution < -0.4 is 0 Å². The summed E-state index contributed by atoms with van der Waals surface area (Å²) in [6, 6.07) is -0.0592. The van der Waals surface area contributed by atoms with Crippen molar-refractivity contribution in [3.05, 3.63) is 12.2 Å². The highest BCUT2D eigenvalue weighted by Crippen LogP contribution is 2.01. The minimum Gasteiger partial charge on any atom is -0.462 e. The number of carbonyl (C=O) groups excluding carboxylic acids is 2. The van der Waals surface area contributed by atoms with Crippen molar-refractivity contribution in [1.82, 2.24) is 0 Å². The highest BCUT2D eigenvalue weighted by Gasteiger charge is 2.03. The molecule has 0 aromatic carbocycles. The lowest BCUT2D eigenvalue weighted by Crippen LogP contribution is -2.08.